The van der Waals surface area contributed by atoms with Crippen molar-refractivity contribution in [1.29, 1.82) is 5.41 Å². The van der Waals surface area contributed by atoms with Crippen molar-refractivity contribution in [1.82, 2.24) is 9.99 Å². The topological polar surface area (TPSA) is 100 Å². The number of carbonyl (C=O) groups excluding carboxylic acids is 1. The highest BCUT2D eigenvalue weighted by molar-refractivity contribution is 8.27. The predicted octanol–water partition coefficient (Wildman–Crippen LogP) is 4.48. The van der Waals surface area contributed by atoms with Crippen molar-refractivity contribution < 1.29 is 18.7 Å². The second kappa shape index (κ2) is 9.51. The summed E-state index contributed by atoms with van der Waals surface area (Å²) in [4.78, 5) is 20.9. The minimum atomic E-state index is -0.521. The van der Waals surface area contributed by atoms with Crippen LogP contribution in [0.1, 0.15) is 16.7 Å². The first-order chi connectivity index (χ1) is 17.0. The van der Waals surface area contributed by atoms with E-state index in [0.717, 1.165) is 11.1 Å². The Balaban J connectivity index is 1.37. The number of methoxy groups -OCH3 is 1. The van der Waals surface area contributed by atoms with Crippen molar-refractivity contribution >= 4 is 39.8 Å². The van der Waals surface area contributed by atoms with E-state index in [1.807, 2.05) is 6.07 Å². The third kappa shape index (κ3) is 4.69. The number of halogens is 1. The number of nitrogens with one attached hydrogen (secondary N) is 1. The fraction of sp³-hybridized carbons (Fsp3) is 0.0800. The molecule has 0 fully saturated rings. The van der Waals surface area contributed by atoms with Gasteiger partial charge in [-0.1, -0.05) is 18.2 Å². The number of hydrazone groups is 1. The summed E-state index contributed by atoms with van der Waals surface area (Å²) in [5.74, 6) is 0.0449. The summed E-state index contributed by atoms with van der Waals surface area (Å²) in [6.45, 7) is 0.238. The van der Waals surface area contributed by atoms with Gasteiger partial charge in [0.25, 0.3) is 5.91 Å². The molecule has 1 N–H and O–H groups in total. The van der Waals surface area contributed by atoms with Crippen molar-refractivity contribution in [2.75, 3.05) is 7.11 Å². The molecule has 1 amide bonds. The lowest BCUT2D eigenvalue weighted by Crippen LogP contribution is -2.35. The van der Waals surface area contributed by atoms with Crippen molar-refractivity contribution in [3.63, 3.8) is 0 Å². The van der Waals surface area contributed by atoms with E-state index in [0.29, 0.717) is 27.3 Å². The summed E-state index contributed by atoms with van der Waals surface area (Å²) in [6.07, 6.45) is 4.90. The molecule has 3 heterocycles. The molecular formula is C25H18FN5O3S. The van der Waals surface area contributed by atoms with E-state index in [1.54, 1.807) is 54.9 Å². The minimum absolute atomic E-state index is 0.0676. The Morgan fingerprint density at radius 3 is 2.71 bits per heavy atom. The van der Waals surface area contributed by atoms with Crippen LogP contribution < -0.4 is 9.47 Å². The number of thioether (sulfide) groups is 1. The maximum Gasteiger partial charge on any atom is 0.283 e. The summed E-state index contributed by atoms with van der Waals surface area (Å²) >= 11 is 1.22. The third-order valence-electron chi connectivity index (χ3n) is 5.17. The molecule has 0 saturated carbocycles. The lowest BCUT2D eigenvalue weighted by molar-refractivity contribution is -0.114. The summed E-state index contributed by atoms with van der Waals surface area (Å²) in [5, 5.41) is 15.3. The first-order valence-electron chi connectivity index (χ1n) is 10.5. The molecule has 0 atom stereocenters. The van der Waals surface area contributed by atoms with Gasteiger partial charge in [-0.2, -0.15) is 15.1 Å². The Hall–Kier alpha value is -4.31. The van der Waals surface area contributed by atoms with Gasteiger partial charge in [-0.05, 0) is 65.4 Å². The van der Waals surface area contributed by atoms with Gasteiger partial charge in [-0.25, -0.2) is 4.39 Å². The number of pyridine rings is 1. The van der Waals surface area contributed by atoms with E-state index in [2.05, 4.69) is 15.1 Å². The number of rotatable bonds is 6. The number of amides is 1. The smallest absolute Gasteiger partial charge is 0.283 e. The molecule has 2 aliphatic rings. The molecule has 0 bridgehead atoms. The zero-order valence-electron chi connectivity index (χ0n) is 18.4. The molecule has 2 aromatic carbocycles. The van der Waals surface area contributed by atoms with E-state index < -0.39 is 5.91 Å². The number of aliphatic imine (C=N–C) groups is 1. The first kappa shape index (κ1) is 22.5. The maximum absolute atomic E-state index is 13.1. The van der Waals surface area contributed by atoms with Crippen molar-refractivity contribution in [2.45, 2.75) is 6.61 Å². The van der Waals surface area contributed by atoms with Gasteiger partial charge in [0.2, 0.25) is 5.17 Å². The van der Waals surface area contributed by atoms with Crippen LogP contribution in [0.4, 0.5) is 4.39 Å². The summed E-state index contributed by atoms with van der Waals surface area (Å²) < 4.78 is 24.4. The van der Waals surface area contributed by atoms with Crippen LogP contribution in [0, 0.1) is 11.2 Å². The lowest BCUT2D eigenvalue weighted by atomic mass is 10.1. The quantitative estimate of drug-likeness (QED) is 0.515. The number of carbonyl (C=O) groups is 1. The Bertz CT molecular complexity index is 1400. The lowest BCUT2D eigenvalue weighted by Gasteiger charge is -2.20. The largest absolute Gasteiger partial charge is 0.493 e. The maximum atomic E-state index is 13.1. The summed E-state index contributed by atoms with van der Waals surface area (Å²) in [6, 6.07) is 14.9. The van der Waals surface area contributed by atoms with E-state index in [9.17, 15) is 9.18 Å². The third-order valence-corrected chi connectivity index (χ3v) is 6.13. The van der Waals surface area contributed by atoms with Crippen LogP contribution in [-0.4, -0.2) is 39.1 Å². The second-order valence-corrected chi connectivity index (χ2v) is 8.45. The van der Waals surface area contributed by atoms with E-state index in [-0.39, 0.29) is 23.8 Å². The molecule has 0 spiro atoms. The van der Waals surface area contributed by atoms with E-state index >= 15 is 0 Å². The van der Waals surface area contributed by atoms with Gasteiger partial charge in [-0.3, -0.25) is 15.2 Å². The number of hydrogen-bond donors (Lipinski definition) is 1. The number of benzene rings is 2. The van der Waals surface area contributed by atoms with Crippen LogP contribution in [0.2, 0.25) is 0 Å². The molecule has 8 nitrogen and oxygen atoms in total. The second-order valence-electron chi connectivity index (χ2n) is 7.49. The van der Waals surface area contributed by atoms with Crippen molar-refractivity contribution in [2.24, 2.45) is 10.1 Å². The fourth-order valence-corrected chi connectivity index (χ4v) is 4.28. The number of amidine groups is 2. The van der Waals surface area contributed by atoms with Crippen LogP contribution in [0.15, 0.2) is 82.7 Å². The highest BCUT2D eigenvalue weighted by Crippen LogP contribution is 2.33. The summed E-state index contributed by atoms with van der Waals surface area (Å²) in [5.41, 5.74) is 2.32. The molecule has 1 aromatic heterocycles. The normalized spacial score (nSPS) is 16.2. The molecule has 10 heteroatoms. The van der Waals surface area contributed by atoms with Crippen LogP contribution in [-0.2, 0) is 11.4 Å². The highest BCUT2D eigenvalue weighted by Gasteiger charge is 2.36. The molecule has 0 aliphatic carbocycles. The zero-order valence-corrected chi connectivity index (χ0v) is 19.3. The van der Waals surface area contributed by atoms with E-state index in [1.165, 1.54) is 36.0 Å². The van der Waals surface area contributed by atoms with Crippen LogP contribution >= 0.6 is 11.8 Å². The predicted molar refractivity (Wildman–Crippen MR) is 132 cm³/mol. The molecule has 5 rings (SSSR count). The Kier molecular flexibility index (Phi) is 6.11. The number of ether oxygens (including phenoxy) is 2. The summed E-state index contributed by atoms with van der Waals surface area (Å²) in [7, 11) is 1.51. The van der Waals surface area contributed by atoms with Crippen molar-refractivity contribution in [3.8, 4) is 11.5 Å². The van der Waals surface area contributed by atoms with Crippen LogP contribution in [0.3, 0.4) is 0 Å². The Morgan fingerprint density at radius 2 is 1.97 bits per heavy atom. The average Bonchev–Trinajstić information content (AvgIpc) is 3.31. The monoisotopic (exact) mass is 487 g/mol. The zero-order chi connectivity index (χ0) is 24.4. The molecule has 0 radical (unpaired) electrons. The molecule has 3 aromatic rings. The first-order valence-corrected chi connectivity index (χ1v) is 11.3. The van der Waals surface area contributed by atoms with Crippen LogP contribution in [0.5, 0.6) is 11.5 Å². The standard InChI is InChI=1S/C25H18FN5O3S/c1-33-21-12-16(6-9-20(21)34-14-15-4-7-18(26)8-5-15)11-19-22(27)31-25(29-23(19)32)35-24(30-31)17-3-2-10-28-13-17/h2-13,27H,14H2,1H3. The molecule has 2 aliphatic heterocycles. The Morgan fingerprint density at radius 1 is 1.14 bits per heavy atom. The minimum Gasteiger partial charge on any atom is -0.493 e. The van der Waals surface area contributed by atoms with Gasteiger partial charge in [0.1, 0.15) is 17.5 Å². The van der Waals surface area contributed by atoms with Gasteiger partial charge in [0.15, 0.2) is 17.3 Å². The highest BCUT2D eigenvalue weighted by atomic mass is 32.2. The molecule has 35 heavy (non-hydrogen) atoms. The average molecular weight is 488 g/mol. The van der Waals surface area contributed by atoms with Gasteiger partial charge >= 0.3 is 0 Å². The molecule has 0 unspecified atom stereocenters. The van der Waals surface area contributed by atoms with Gasteiger partial charge in [-0.15, -0.1) is 0 Å². The van der Waals surface area contributed by atoms with Gasteiger partial charge < -0.3 is 9.47 Å². The van der Waals surface area contributed by atoms with Gasteiger partial charge in [0.05, 0.1) is 12.7 Å². The molecule has 0 saturated heterocycles. The Labute approximate surface area is 204 Å². The van der Waals surface area contributed by atoms with Crippen LogP contribution in [0.25, 0.3) is 6.08 Å². The number of hydrogen-bond acceptors (Lipinski definition) is 7. The number of fused-ring (bicyclic) bond motifs is 1. The number of nitrogens with zero attached hydrogens (tertiary/aromatic N) is 4. The van der Waals surface area contributed by atoms with Crippen molar-refractivity contribution in [3.05, 3.63) is 95.1 Å². The fourth-order valence-electron chi connectivity index (χ4n) is 3.40. The van der Waals surface area contributed by atoms with Gasteiger partial charge in [0, 0.05) is 18.0 Å². The SMILES string of the molecule is COc1cc(C=C2C(=N)N3N=C(c4cccnc4)SC3=NC2=O)ccc1OCc1ccc(F)cc1. The number of aromatic nitrogens is 1. The molecular weight excluding hydrogens is 469 g/mol. The molecule has 174 valence electrons. The van der Waals surface area contributed by atoms with E-state index in [4.69, 9.17) is 14.9 Å².